The van der Waals surface area contributed by atoms with Crippen molar-refractivity contribution in [3.05, 3.63) is 0 Å². The maximum atomic E-state index is 9.77. The van der Waals surface area contributed by atoms with Crippen molar-refractivity contribution in [3.63, 3.8) is 0 Å². The molecule has 0 atom stereocenters. The molecule has 0 amide bonds. The Morgan fingerprint density at radius 2 is 2.00 bits per heavy atom. The average Bonchev–Trinajstić information content (AvgIpc) is 1.68. The molecule has 0 aliphatic rings. The number of rotatable bonds is 2. The fourth-order valence-corrected chi connectivity index (χ4v) is 0.0791. The minimum Gasteiger partial charge on any atom is -0.301 e. The zero-order valence-electron chi connectivity index (χ0n) is 3.25. The fraction of sp³-hybridized carbons (Fsp3) is 0. The van der Waals surface area contributed by atoms with E-state index in [9.17, 15) is 8.42 Å². The van der Waals surface area contributed by atoms with Crippen LogP contribution in [-0.2, 0) is 10.2 Å². The summed E-state index contributed by atoms with van der Waals surface area (Å²) in [6, 6.07) is 0. The first kappa shape index (κ1) is 6.79. The molecule has 6 nitrogen and oxygen atoms in total. The van der Waals surface area contributed by atoms with E-state index in [4.69, 9.17) is 5.21 Å². The van der Waals surface area contributed by atoms with Gasteiger partial charge in [-0.2, -0.15) is 8.42 Å². The van der Waals surface area contributed by atoms with Gasteiger partial charge in [-0.15, -0.1) is 4.83 Å². The molecule has 5 N–H and O–H groups in total. The number of hydrazine groups is 1. The number of nitrogens with one attached hydrogen (secondary N) is 2. The molecule has 0 rings (SSSR count). The minimum atomic E-state index is -3.82. The van der Waals surface area contributed by atoms with Gasteiger partial charge in [0.05, 0.1) is 0 Å². The molecule has 0 unspecified atom stereocenters. The van der Waals surface area contributed by atoms with Crippen molar-refractivity contribution >= 4 is 10.2 Å². The molecule has 0 saturated heterocycles. The second kappa shape index (κ2) is 2.19. The van der Waals surface area contributed by atoms with Gasteiger partial charge in [0.25, 0.3) is 0 Å². The third-order valence-corrected chi connectivity index (χ3v) is 0.826. The smallest absolute Gasteiger partial charge is 0.301 e. The van der Waals surface area contributed by atoms with Gasteiger partial charge in [-0.1, -0.05) is 4.89 Å². The van der Waals surface area contributed by atoms with Gasteiger partial charge in [-0.3, -0.25) is 5.84 Å². The summed E-state index contributed by atoms with van der Waals surface area (Å²) in [5.74, 6) is 4.36. The van der Waals surface area contributed by atoms with Crippen LogP contribution >= 0.6 is 0 Å². The van der Waals surface area contributed by atoms with Gasteiger partial charge in [0, 0.05) is 0 Å². The van der Waals surface area contributed by atoms with Gasteiger partial charge in [0.15, 0.2) is 0 Å². The molecule has 7 heteroatoms. The highest BCUT2D eigenvalue weighted by atomic mass is 32.2. The molecule has 44 valence electrons. The summed E-state index contributed by atoms with van der Waals surface area (Å²) in [6.07, 6.45) is 0. The van der Waals surface area contributed by atoms with Crippen molar-refractivity contribution in [2.45, 2.75) is 0 Å². The van der Waals surface area contributed by atoms with Crippen molar-refractivity contribution < 1.29 is 13.6 Å². The van der Waals surface area contributed by atoms with Gasteiger partial charge in [-0.25, -0.2) is 0 Å². The third-order valence-electron chi connectivity index (χ3n) is 0.275. The van der Waals surface area contributed by atoms with Crippen LogP contribution in [0.4, 0.5) is 0 Å². The molecule has 0 aromatic heterocycles. The van der Waals surface area contributed by atoms with Crippen LogP contribution in [0.15, 0.2) is 0 Å². The van der Waals surface area contributed by atoms with Gasteiger partial charge in [0.2, 0.25) is 0 Å². The van der Waals surface area contributed by atoms with Crippen molar-refractivity contribution in [1.82, 2.24) is 9.72 Å². The zero-order valence-corrected chi connectivity index (χ0v) is 4.07. The van der Waals surface area contributed by atoms with E-state index in [2.05, 4.69) is 5.84 Å². The Balaban J connectivity index is 3.89. The summed E-state index contributed by atoms with van der Waals surface area (Å²) in [7, 11) is -3.82. The Hall–Kier alpha value is -0.210. The second-order valence-corrected chi connectivity index (χ2v) is 2.14. The van der Waals surface area contributed by atoms with E-state index in [0.29, 0.717) is 0 Å². The first-order valence-electron chi connectivity index (χ1n) is 1.25. The average molecular weight is 127 g/mol. The Bertz CT molecular complexity index is 113. The van der Waals surface area contributed by atoms with Gasteiger partial charge >= 0.3 is 10.2 Å². The minimum absolute atomic E-state index is 0.927. The van der Waals surface area contributed by atoms with E-state index >= 15 is 0 Å². The van der Waals surface area contributed by atoms with Crippen LogP contribution in [0.25, 0.3) is 0 Å². The zero-order chi connectivity index (χ0) is 5.91. The predicted octanol–water partition coefficient (Wildman–Crippen LogP) is -2.33. The topological polar surface area (TPSA) is 104 Å². The summed E-state index contributed by atoms with van der Waals surface area (Å²) in [5, 5.41) is 7.61. The molecule has 0 bridgehead atoms. The SMILES string of the molecule is NNS(=O)(=O)NO. The lowest BCUT2D eigenvalue weighted by atomic mass is 13.0. The molecule has 0 heterocycles. The lowest BCUT2D eigenvalue weighted by Gasteiger charge is -1.92. The van der Waals surface area contributed by atoms with E-state index in [0.717, 1.165) is 4.89 Å². The molecule has 0 radical (unpaired) electrons. The molecule has 0 fully saturated rings. The molecule has 0 spiro atoms. The van der Waals surface area contributed by atoms with Gasteiger partial charge in [-0.05, 0) is 0 Å². The van der Waals surface area contributed by atoms with Gasteiger partial charge in [0.1, 0.15) is 0 Å². The Labute approximate surface area is 40.4 Å². The van der Waals surface area contributed by atoms with E-state index in [-0.39, 0.29) is 0 Å². The van der Waals surface area contributed by atoms with Crippen LogP contribution in [0.2, 0.25) is 0 Å². The summed E-state index contributed by atoms with van der Waals surface area (Å²) in [6.45, 7) is 0. The summed E-state index contributed by atoms with van der Waals surface area (Å²) >= 11 is 0. The second-order valence-electron chi connectivity index (χ2n) is 0.713. The van der Waals surface area contributed by atoms with Crippen molar-refractivity contribution in [2.24, 2.45) is 5.84 Å². The highest BCUT2D eigenvalue weighted by Gasteiger charge is 1.98. The normalized spacial score (nSPS) is 11.7. The molecule has 0 aliphatic carbocycles. The highest BCUT2D eigenvalue weighted by Crippen LogP contribution is 1.60. The molecule has 0 aromatic carbocycles. The quantitative estimate of drug-likeness (QED) is 0.247. The van der Waals surface area contributed by atoms with Crippen LogP contribution in [-0.4, -0.2) is 13.6 Å². The number of hydrogen-bond acceptors (Lipinski definition) is 4. The highest BCUT2D eigenvalue weighted by molar-refractivity contribution is 7.87. The van der Waals surface area contributed by atoms with E-state index in [1.165, 1.54) is 4.83 Å². The van der Waals surface area contributed by atoms with E-state index in [1.54, 1.807) is 0 Å². The first-order valence-corrected chi connectivity index (χ1v) is 2.74. The lowest BCUT2D eigenvalue weighted by Crippen LogP contribution is -2.38. The van der Waals surface area contributed by atoms with Crippen molar-refractivity contribution in [1.29, 1.82) is 0 Å². The molecular weight excluding hydrogens is 122 g/mol. The van der Waals surface area contributed by atoms with Crippen LogP contribution in [0.5, 0.6) is 0 Å². The first-order chi connectivity index (χ1) is 3.12. The van der Waals surface area contributed by atoms with Crippen LogP contribution in [0, 0.1) is 0 Å². The third kappa shape index (κ3) is 2.48. The molecule has 7 heavy (non-hydrogen) atoms. The van der Waals surface area contributed by atoms with E-state index < -0.39 is 10.2 Å². The maximum absolute atomic E-state index is 9.77. The van der Waals surface area contributed by atoms with Crippen LogP contribution < -0.4 is 15.6 Å². The Morgan fingerprint density at radius 1 is 1.57 bits per heavy atom. The summed E-state index contributed by atoms with van der Waals surface area (Å²) in [4.78, 5) is 2.23. The monoisotopic (exact) mass is 127 g/mol. The standard InChI is InChI=1S/H5N3O3S/c1-2-7(5,6)3-4/h2-4H,1H2. The Kier molecular flexibility index (Phi) is 2.12. The maximum Gasteiger partial charge on any atom is 0.311 e. The summed E-state index contributed by atoms with van der Waals surface area (Å²) in [5.41, 5.74) is 0. The lowest BCUT2D eigenvalue weighted by molar-refractivity contribution is 0.240. The fourth-order valence-electron chi connectivity index (χ4n) is 0.0264. The summed E-state index contributed by atoms with van der Waals surface area (Å²) < 4.78 is 19.5. The number of nitrogens with two attached hydrogens (primary N) is 1. The molecule has 0 aromatic rings. The molecular formula is H5N3O3S. The van der Waals surface area contributed by atoms with Crippen molar-refractivity contribution in [2.75, 3.05) is 0 Å². The Morgan fingerprint density at radius 3 is 2.00 bits per heavy atom. The van der Waals surface area contributed by atoms with Crippen LogP contribution in [0.1, 0.15) is 0 Å². The van der Waals surface area contributed by atoms with Crippen molar-refractivity contribution in [3.8, 4) is 0 Å². The van der Waals surface area contributed by atoms with Gasteiger partial charge < -0.3 is 5.21 Å². The van der Waals surface area contributed by atoms with E-state index in [1.807, 2.05) is 0 Å². The van der Waals surface area contributed by atoms with Crippen LogP contribution in [0.3, 0.4) is 0 Å². The number of hydrogen-bond donors (Lipinski definition) is 4. The molecule has 0 saturated carbocycles. The largest absolute Gasteiger partial charge is 0.311 e. The molecule has 0 aliphatic heterocycles. The predicted molar refractivity (Wildman–Crippen MR) is 21.2 cm³/mol.